The molecule has 1 aromatic rings. The van der Waals surface area contributed by atoms with Crippen molar-refractivity contribution >= 4 is 29.2 Å². The van der Waals surface area contributed by atoms with Gasteiger partial charge in [-0.15, -0.1) is 0 Å². The second-order valence-corrected chi connectivity index (χ2v) is 5.24. The van der Waals surface area contributed by atoms with Crippen molar-refractivity contribution in [1.82, 2.24) is 5.32 Å². The van der Waals surface area contributed by atoms with Crippen molar-refractivity contribution in [2.24, 2.45) is 5.92 Å². The lowest BCUT2D eigenvalue weighted by atomic mass is 10.0. The lowest BCUT2D eigenvalue weighted by Gasteiger charge is -2.18. The number of rotatable bonds is 6. The van der Waals surface area contributed by atoms with E-state index in [1.54, 1.807) is 13.8 Å². The number of carboxylic acids is 1. The first-order valence-electron chi connectivity index (χ1n) is 6.17. The van der Waals surface area contributed by atoms with Gasteiger partial charge in [0.1, 0.15) is 6.04 Å². The number of nitrogens with zero attached hydrogens (tertiary/aromatic N) is 1. The quantitative estimate of drug-likeness (QED) is 0.616. The highest BCUT2D eigenvalue weighted by Crippen LogP contribution is 2.22. The molecular formula is C13H15ClN2O5. The van der Waals surface area contributed by atoms with E-state index in [0.29, 0.717) is 5.56 Å². The number of aliphatic carboxylic acids is 1. The minimum atomic E-state index is -1.12. The molecule has 7 nitrogen and oxygen atoms in total. The van der Waals surface area contributed by atoms with Gasteiger partial charge in [-0.05, 0) is 11.5 Å². The van der Waals surface area contributed by atoms with E-state index >= 15 is 0 Å². The lowest BCUT2D eigenvalue weighted by molar-refractivity contribution is -0.384. The number of halogens is 1. The SMILES string of the molecule is CC(C)C(NC(=O)Cc1ccc([N+](=O)[O-])cc1Cl)C(=O)O. The van der Waals surface area contributed by atoms with Crippen LogP contribution in [0.5, 0.6) is 0 Å². The highest BCUT2D eigenvalue weighted by Gasteiger charge is 2.23. The summed E-state index contributed by atoms with van der Waals surface area (Å²) in [5, 5.41) is 22.1. The van der Waals surface area contributed by atoms with Crippen LogP contribution < -0.4 is 5.32 Å². The van der Waals surface area contributed by atoms with E-state index in [2.05, 4.69) is 5.32 Å². The molecule has 1 atom stereocenters. The number of hydrogen-bond acceptors (Lipinski definition) is 4. The van der Waals surface area contributed by atoms with Crippen LogP contribution in [0.25, 0.3) is 0 Å². The lowest BCUT2D eigenvalue weighted by Crippen LogP contribution is -2.44. The molecule has 0 radical (unpaired) electrons. The number of carbonyl (C=O) groups is 2. The van der Waals surface area contributed by atoms with Crippen LogP contribution in [0.3, 0.4) is 0 Å². The molecule has 0 spiro atoms. The first-order chi connectivity index (χ1) is 9.72. The Kier molecular flexibility index (Phi) is 5.66. The van der Waals surface area contributed by atoms with Gasteiger partial charge in [0.15, 0.2) is 0 Å². The minimum absolute atomic E-state index is 0.0933. The van der Waals surface area contributed by atoms with Gasteiger partial charge < -0.3 is 10.4 Å². The standard InChI is InChI=1S/C13H15ClN2O5/c1-7(2)12(13(18)19)15-11(17)5-8-3-4-9(16(20)21)6-10(8)14/h3-4,6-7,12H,5H2,1-2H3,(H,15,17)(H,18,19). The molecule has 0 aliphatic carbocycles. The molecule has 114 valence electrons. The molecule has 1 unspecified atom stereocenters. The van der Waals surface area contributed by atoms with Gasteiger partial charge in [0.2, 0.25) is 5.91 Å². The van der Waals surface area contributed by atoms with E-state index in [9.17, 15) is 19.7 Å². The van der Waals surface area contributed by atoms with Crippen molar-refractivity contribution in [3.8, 4) is 0 Å². The Hall–Kier alpha value is -2.15. The maximum absolute atomic E-state index is 11.8. The highest BCUT2D eigenvalue weighted by molar-refractivity contribution is 6.31. The molecule has 2 N–H and O–H groups in total. The van der Waals surface area contributed by atoms with Gasteiger partial charge in [0.25, 0.3) is 5.69 Å². The first-order valence-corrected chi connectivity index (χ1v) is 6.55. The molecule has 1 aromatic carbocycles. The molecule has 0 bridgehead atoms. The van der Waals surface area contributed by atoms with Crippen LogP contribution in [0.2, 0.25) is 5.02 Å². The molecule has 0 heterocycles. The van der Waals surface area contributed by atoms with Crippen LogP contribution in [0.1, 0.15) is 19.4 Å². The van der Waals surface area contributed by atoms with Crippen LogP contribution in [-0.4, -0.2) is 27.9 Å². The molecule has 0 aliphatic heterocycles. The number of nitrogens with one attached hydrogen (secondary N) is 1. The zero-order valence-corrected chi connectivity index (χ0v) is 12.3. The molecule has 1 rings (SSSR count). The topological polar surface area (TPSA) is 110 Å². The van der Waals surface area contributed by atoms with Crippen LogP contribution >= 0.6 is 11.6 Å². The number of carboxylic acid groups (broad SMARTS) is 1. The van der Waals surface area contributed by atoms with Crippen LogP contribution in [-0.2, 0) is 16.0 Å². The van der Waals surface area contributed by atoms with Gasteiger partial charge in [-0.1, -0.05) is 31.5 Å². The van der Waals surface area contributed by atoms with Crippen LogP contribution in [0.15, 0.2) is 18.2 Å². The van der Waals surface area contributed by atoms with Gasteiger partial charge >= 0.3 is 5.97 Å². The van der Waals surface area contributed by atoms with Crippen molar-refractivity contribution in [3.05, 3.63) is 38.9 Å². The first kappa shape index (κ1) is 16.9. The molecule has 0 saturated carbocycles. The Balaban J connectivity index is 2.79. The Morgan fingerprint density at radius 2 is 2.05 bits per heavy atom. The summed E-state index contributed by atoms with van der Waals surface area (Å²) in [6.45, 7) is 3.36. The van der Waals surface area contributed by atoms with E-state index in [1.807, 2.05) is 0 Å². The van der Waals surface area contributed by atoms with Crippen molar-refractivity contribution in [3.63, 3.8) is 0 Å². The molecule has 8 heteroatoms. The third kappa shape index (κ3) is 4.71. The number of amides is 1. The normalized spacial score (nSPS) is 12.0. The maximum Gasteiger partial charge on any atom is 0.326 e. The van der Waals surface area contributed by atoms with E-state index in [1.165, 1.54) is 12.1 Å². The third-order valence-corrected chi connectivity index (χ3v) is 3.20. The fourth-order valence-corrected chi connectivity index (χ4v) is 1.95. The van der Waals surface area contributed by atoms with E-state index in [0.717, 1.165) is 6.07 Å². The summed E-state index contributed by atoms with van der Waals surface area (Å²) in [5.41, 5.74) is 0.224. The fraction of sp³-hybridized carbons (Fsp3) is 0.385. The summed E-state index contributed by atoms with van der Waals surface area (Å²) < 4.78 is 0. The smallest absolute Gasteiger partial charge is 0.326 e. The fourth-order valence-electron chi connectivity index (χ4n) is 1.70. The van der Waals surface area contributed by atoms with E-state index < -0.39 is 22.8 Å². The predicted octanol–water partition coefficient (Wildman–Crippen LogP) is 2.02. The van der Waals surface area contributed by atoms with E-state index in [4.69, 9.17) is 16.7 Å². The molecule has 0 saturated heterocycles. The monoisotopic (exact) mass is 314 g/mol. The second kappa shape index (κ2) is 7.03. The zero-order chi connectivity index (χ0) is 16.2. The van der Waals surface area contributed by atoms with Crippen LogP contribution in [0, 0.1) is 16.0 Å². The average Bonchev–Trinajstić information content (AvgIpc) is 2.37. The second-order valence-electron chi connectivity index (χ2n) is 4.84. The average molecular weight is 315 g/mol. The summed E-state index contributed by atoms with van der Waals surface area (Å²) in [6.07, 6.45) is -0.146. The number of hydrogen-bond donors (Lipinski definition) is 2. The molecule has 0 fully saturated rings. The Morgan fingerprint density at radius 1 is 1.43 bits per heavy atom. The summed E-state index contributed by atoms with van der Waals surface area (Å²) >= 11 is 5.88. The predicted molar refractivity (Wildman–Crippen MR) is 76.2 cm³/mol. The highest BCUT2D eigenvalue weighted by atomic mass is 35.5. The van der Waals surface area contributed by atoms with Gasteiger partial charge in [-0.3, -0.25) is 14.9 Å². The number of nitro groups is 1. The number of benzene rings is 1. The molecule has 0 aliphatic rings. The maximum atomic E-state index is 11.8. The number of non-ortho nitro benzene ring substituents is 1. The van der Waals surface area contributed by atoms with Crippen molar-refractivity contribution in [1.29, 1.82) is 0 Å². The summed E-state index contributed by atoms with van der Waals surface area (Å²) in [7, 11) is 0. The van der Waals surface area contributed by atoms with Crippen molar-refractivity contribution < 1.29 is 19.6 Å². The molecule has 0 aromatic heterocycles. The van der Waals surface area contributed by atoms with Crippen molar-refractivity contribution in [2.75, 3.05) is 0 Å². The van der Waals surface area contributed by atoms with Crippen LogP contribution in [0.4, 0.5) is 5.69 Å². The van der Waals surface area contributed by atoms with Gasteiger partial charge in [0, 0.05) is 12.1 Å². The third-order valence-electron chi connectivity index (χ3n) is 2.85. The van der Waals surface area contributed by atoms with Gasteiger partial charge in [-0.2, -0.15) is 0 Å². The van der Waals surface area contributed by atoms with Gasteiger partial charge in [-0.25, -0.2) is 4.79 Å². The summed E-state index contributed by atoms with van der Waals surface area (Å²) in [6, 6.07) is 2.78. The molecular weight excluding hydrogens is 300 g/mol. The zero-order valence-electron chi connectivity index (χ0n) is 11.5. The number of nitro benzene ring substituents is 1. The summed E-state index contributed by atoms with van der Waals surface area (Å²) in [5.74, 6) is -1.89. The Labute approximate surface area is 126 Å². The minimum Gasteiger partial charge on any atom is -0.480 e. The Morgan fingerprint density at radius 3 is 2.48 bits per heavy atom. The van der Waals surface area contributed by atoms with E-state index in [-0.39, 0.29) is 23.0 Å². The summed E-state index contributed by atoms with van der Waals surface area (Å²) in [4.78, 5) is 32.8. The van der Waals surface area contributed by atoms with Crippen molar-refractivity contribution in [2.45, 2.75) is 26.3 Å². The largest absolute Gasteiger partial charge is 0.480 e. The molecule has 21 heavy (non-hydrogen) atoms. The molecule has 1 amide bonds. The Bertz CT molecular complexity index is 574. The van der Waals surface area contributed by atoms with Gasteiger partial charge in [0.05, 0.1) is 16.4 Å². The number of carbonyl (C=O) groups excluding carboxylic acids is 1.